The number of benzene rings is 3. The molecule has 2 amide bonds. The number of rotatable bonds is 8. The molecule has 0 radical (unpaired) electrons. The Labute approximate surface area is 205 Å². The first kappa shape index (κ1) is 24.6. The molecule has 172 valence electrons. The van der Waals surface area contributed by atoms with Crippen molar-refractivity contribution in [1.82, 2.24) is 10.7 Å². The van der Waals surface area contributed by atoms with E-state index in [1.54, 1.807) is 42.5 Å². The van der Waals surface area contributed by atoms with Crippen molar-refractivity contribution in [3.05, 3.63) is 106 Å². The summed E-state index contributed by atoms with van der Waals surface area (Å²) in [5, 5.41) is 6.44. The molecule has 0 heterocycles. The Morgan fingerprint density at radius 1 is 1.00 bits per heavy atom. The zero-order chi connectivity index (χ0) is 24.3. The van der Waals surface area contributed by atoms with Gasteiger partial charge in [-0.2, -0.15) is 5.10 Å². The third kappa shape index (κ3) is 7.83. The number of amides is 2. The van der Waals surface area contributed by atoms with Gasteiger partial charge in [0, 0.05) is 21.7 Å². The Bertz CT molecular complexity index is 1240. The number of hydrazone groups is 1. The lowest BCUT2D eigenvalue weighted by Gasteiger charge is -2.07. The van der Waals surface area contributed by atoms with Crippen molar-refractivity contribution < 1.29 is 19.1 Å². The van der Waals surface area contributed by atoms with Gasteiger partial charge >= 0.3 is 5.97 Å². The zero-order valence-corrected chi connectivity index (χ0v) is 19.9. The molecule has 0 spiro atoms. The zero-order valence-electron chi connectivity index (χ0n) is 18.3. The van der Waals surface area contributed by atoms with E-state index in [1.165, 1.54) is 12.3 Å². The van der Waals surface area contributed by atoms with Crippen LogP contribution < -0.4 is 15.5 Å². The van der Waals surface area contributed by atoms with Gasteiger partial charge in [0.1, 0.15) is 5.75 Å². The van der Waals surface area contributed by atoms with Crippen LogP contribution in [0.3, 0.4) is 0 Å². The highest BCUT2D eigenvalue weighted by Crippen LogP contribution is 2.22. The summed E-state index contributed by atoms with van der Waals surface area (Å²) in [6.45, 7) is 1.64. The Hall–Kier alpha value is -4.04. The molecule has 0 fully saturated rings. The fourth-order valence-corrected chi connectivity index (χ4v) is 3.23. The van der Waals surface area contributed by atoms with Crippen LogP contribution in [0.4, 0.5) is 0 Å². The maximum Gasteiger partial charge on any atom is 0.336 e. The van der Waals surface area contributed by atoms with E-state index in [0.29, 0.717) is 11.1 Å². The van der Waals surface area contributed by atoms with Crippen molar-refractivity contribution >= 4 is 46.0 Å². The van der Waals surface area contributed by atoms with E-state index in [2.05, 4.69) is 31.8 Å². The predicted molar refractivity (Wildman–Crippen MR) is 135 cm³/mol. The van der Waals surface area contributed by atoms with Gasteiger partial charge in [0.15, 0.2) is 0 Å². The van der Waals surface area contributed by atoms with Crippen LogP contribution in [-0.2, 0) is 9.59 Å². The minimum Gasteiger partial charge on any atom is -0.423 e. The Balaban J connectivity index is 1.56. The fraction of sp³-hybridized carbons (Fsp3) is 0.0769. The number of carbonyl (C=O) groups is 3. The van der Waals surface area contributed by atoms with E-state index in [-0.39, 0.29) is 18.2 Å². The van der Waals surface area contributed by atoms with E-state index in [1.807, 2.05) is 43.3 Å². The maximum absolute atomic E-state index is 12.2. The first-order valence-corrected chi connectivity index (χ1v) is 11.1. The lowest BCUT2D eigenvalue weighted by Crippen LogP contribution is -2.34. The molecule has 0 bridgehead atoms. The van der Waals surface area contributed by atoms with Crippen LogP contribution in [-0.4, -0.2) is 30.5 Å². The Morgan fingerprint density at radius 3 is 2.56 bits per heavy atom. The number of ether oxygens (including phenoxy) is 1. The molecule has 0 aliphatic carbocycles. The third-order valence-corrected chi connectivity index (χ3v) is 4.97. The summed E-state index contributed by atoms with van der Waals surface area (Å²) in [7, 11) is 0. The quantitative estimate of drug-likeness (QED) is 0.153. The molecule has 0 aliphatic heterocycles. The number of hydrogen-bond acceptors (Lipinski definition) is 5. The van der Waals surface area contributed by atoms with Gasteiger partial charge in [0.2, 0.25) is 0 Å². The van der Waals surface area contributed by atoms with Crippen LogP contribution in [0.2, 0.25) is 0 Å². The third-order valence-electron chi connectivity index (χ3n) is 4.48. The fourth-order valence-electron chi connectivity index (χ4n) is 2.85. The summed E-state index contributed by atoms with van der Waals surface area (Å²) >= 11 is 3.36. The monoisotopic (exact) mass is 519 g/mol. The van der Waals surface area contributed by atoms with Gasteiger partial charge < -0.3 is 10.1 Å². The van der Waals surface area contributed by atoms with Gasteiger partial charge in [-0.1, -0.05) is 64.0 Å². The number of halogens is 1. The van der Waals surface area contributed by atoms with Crippen molar-refractivity contribution in [2.45, 2.75) is 6.92 Å². The molecule has 8 heteroatoms. The Kier molecular flexibility index (Phi) is 8.88. The smallest absolute Gasteiger partial charge is 0.336 e. The minimum atomic E-state index is -0.552. The van der Waals surface area contributed by atoms with Gasteiger partial charge in [0.05, 0.1) is 12.8 Å². The number of esters is 1. The van der Waals surface area contributed by atoms with Gasteiger partial charge in [-0.05, 0) is 48.9 Å². The number of aryl methyl sites for hydroxylation is 1. The van der Waals surface area contributed by atoms with Crippen LogP contribution >= 0.6 is 15.9 Å². The molecular weight excluding hydrogens is 498 g/mol. The molecule has 0 aliphatic rings. The predicted octanol–water partition coefficient (Wildman–Crippen LogP) is 4.26. The second kappa shape index (κ2) is 12.3. The highest BCUT2D eigenvalue weighted by Gasteiger charge is 2.09. The molecule has 0 saturated carbocycles. The van der Waals surface area contributed by atoms with Crippen LogP contribution in [0.25, 0.3) is 6.08 Å². The van der Waals surface area contributed by atoms with Crippen LogP contribution in [0.5, 0.6) is 5.75 Å². The average Bonchev–Trinajstić information content (AvgIpc) is 2.83. The van der Waals surface area contributed by atoms with Gasteiger partial charge in [-0.15, -0.1) is 0 Å². The lowest BCUT2D eigenvalue weighted by molar-refractivity contribution is -0.129. The highest BCUT2D eigenvalue weighted by atomic mass is 79.9. The summed E-state index contributed by atoms with van der Waals surface area (Å²) in [5.41, 5.74) is 5.10. The van der Waals surface area contributed by atoms with E-state index in [4.69, 9.17) is 4.74 Å². The van der Waals surface area contributed by atoms with Gasteiger partial charge in [-0.25, -0.2) is 10.2 Å². The molecule has 0 saturated heterocycles. The number of nitrogens with zero attached hydrogens (tertiary/aromatic N) is 1. The van der Waals surface area contributed by atoms with Gasteiger partial charge in [-0.3, -0.25) is 9.59 Å². The molecule has 0 aromatic heterocycles. The van der Waals surface area contributed by atoms with E-state index in [9.17, 15) is 14.4 Å². The number of hydrogen-bond donors (Lipinski definition) is 2. The number of carbonyl (C=O) groups excluding carboxylic acids is 3. The normalized spacial score (nSPS) is 10.9. The largest absolute Gasteiger partial charge is 0.423 e. The molecule has 3 aromatic rings. The lowest BCUT2D eigenvalue weighted by atomic mass is 10.1. The van der Waals surface area contributed by atoms with E-state index in [0.717, 1.165) is 15.6 Å². The van der Waals surface area contributed by atoms with Crippen molar-refractivity contribution in [3.8, 4) is 5.75 Å². The number of nitrogens with one attached hydrogen (secondary N) is 2. The summed E-state index contributed by atoms with van der Waals surface area (Å²) in [6.07, 6.45) is 4.34. The van der Waals surface area contributed by atoms with E-state index >= 15 is 0 Å². The molecule has 0 unspecified atom stereocenters. The molecule has 0 atom stereocenters. The first-order valence-electron chi connectivity index (χ1n) is 10.3. The Morgan fingerprint density at radius 2 is 1.79 bits per heavy atom. The van der Waals surface area contributed by atoms with Crippen molar-refractivity contribution in [1.29, 1.82) is 0 Å². The second-order valence-electron chi connectivity index (χ2n) is 7.19. The first-order chi connectivity index (χ1) is 16.4. The summed E-state index contributed by atoms with van der Waals surface area (Å²) < 4.78 is 6.15. The van der Waals surface area contributed by atoms with Crippen LogP contribution in [0, 0.1) is 6.92 Å². The summed E-state index contributed by atoms with van der Waals surface area (Å²) in [4.78, 5) is 36.4. The van der Waals surface area contributed by atoms with Crippen molar-refractivity contribution in [3.63, 3.8) is 0 Å². The SMILES string of the molecule is Cc1cccc(C(=O)NCC(=O)N/N=C\c2cc(Br)ccc2OC(=O)/C=C/c2ccccc2)c1. The van der Waals surface area contributed by atoms with Crippen LogP contribution in [0.15, 0.2) is 88.4 Å². The maximum atomic E-state index is 12.2. The molecule has 7 nitrogen and oxygen atoms in total. The van der Waals surface area contributed by atoms with E-state index < -0.39 is 11.9 Å². The standard InChI is InChI=1S/C26H22BrN3O4/c1-18-6-5-9-20(14-18)26(33)28-17-24(31)30-29-16-21-15-22(27)11-12-23(21)34-25(32)13-10-19-7-3-2-4-8-19/h2-16H,17H2,1H3,(H,28,33)(H,30,31)/b13-10+,29-16-. The topological polar surface area (TPSA) is 96.9 Å². The average molecular weight is 520 g/mol. The van der Waals surface area contributed by atoms with Crippen molar-refractivity contribution in [2.75, 3.05) is 6.54 Å². The van der Waals surface area contributed by atoms with Crippen molar-refractivity contribution in [2.24, 2.45) is 5.10 Å². The van der Waals surface area contributed by atoms with Gasteiger partial charge in [0.25, 0.3) is 11.8 Å². The highest BCUT2D eigenvalue weighted by molar-refractivity contribution is 9.10. The molecular formula is C26H22BrN3O4. The minimum absolute atomic E-state index is 0.241. The van der Waals surface area contributed by atoms with Crippen LogP contribution in [0.1, 0.15) is 27.0 Å². The second-order valence-corrected chi connectivity index (χ2v) is 8.11. The molecule has 3 rings (SSSR count). The molecule has 2 N–H and O–H groups in total. The molecule has 34 heavy (non-hydrogen) atoms. The summed E-state index contributed by atoms with van der Waals surface area (Å²) in [6, 6.07) is 21.5. The molecule has 3 aromatic carbocycles. The summed E-state index contributed by atoms with van der Waals surface area (Å²) in [5.74, 6) is -1.13.